The highest BCUT2D eigenvalue weighted by molar-refractivity contribution is 7.98. The highest BCUT2D eigenvalue weighted by Crippen LogP contribution is 2.10. The lowest BCUT2D eigenvalue weighted by Crippen LogP contribution is -2.25. The van der Waals surface area contributed by atoms with E-state index in [-0.39, 0.29) is 12.2 Å². The molecule has 0 aromatic heterocycles. The largest absolute Gasteiger partial charge is 0.395 e. The number of halogens is 1. The van der Waals surface area contributed by atoms with Crippen molar-refractivity contribution >= 4 is 17.7 Å². The van der Waals surface area contributed by atoms with Gasteiger partial charge >= 0.3 is 0 Å². The fourth-order valence-electron chi connectivity index (χ4n) is 1.67. The second-order valence-corrected chi connectivity index (χ2v) is 5.41. The van der Waals surface area contributed by atoms with E-state index >= 15 is 0 Å². The van der Waals surface area contributed by atoms with Gasteiger partial charge in [-0.05, 0) is 43.0 Å². The van der Waals surface area contributed by atoms with Gasteiger partial charge in [0.2, 0.25) is 0 Å². The molecule has 0 aliphatic carbocycles. The molecule has 5 heteroatoms. The molecule has 114 valence electrons. The van der Waals surface area contributed by atoms with Crippen LogP contribution in [0, 0.1) is 17.7 Å². The standard InChI is InChI=1S/C16H20FNO2S/c1-21-11-5-3-9-18-16(20)14-12-13(6-2-4-10-19)7-8-15(14)17/h7-8,12,19H,3-5,9-11H2,1H3,(H,18,20). The summed E-state index contributed by atoms with van der Waals surface area (Å²) >= 11 is 1.76. The number of amides is 1. The molecule has 0 atom stereocenters. The first-order valence-electron chi connectivity index (χ1n) is 6.85. The van der Waals surface area contributed by atoms with Crippen molar-refractivity contribution in [2.45, 2.75) is 19.3 Å². The normalized spacial score (nSPS) is 9.86. The van der Waals surface area contributed by atoms with Gasteiger partial charge in [-0.1, -0.05) is 11.8 Å². The highest BCUT2D eigenvalue weighted by atomic mass is 32.2. The molecule has 0 fully saturated rings. The second kappa shape index (κ2) is 10.3. The van der Waals surface area contributed by atoms with Gasteiger partial charge in [0, 0.05) is 18.5 Å². The lowest BCUT2D eigenvalue weighted by atomic mass is 10.1. The van der Waals surface area contributed by atoms with Crippen LogP contribution in [0.25, 0.3) is 0 Å². The fourth-order valence-corrected chi connectivity index (χ4v) is 2.16. The molecule has 0 heterocycles. The third kappa shape index (κ3) is 6.65. The summed E-state index contributed by atoms with van der Waals surface area (Å²) in [4.78, 5) is 11.9. The topological polar surface area (TPSA) is 49.3 Å². The first kappa shape index (κ1) is 17.5. The van der Waals surface area contributed by atoms with Gasteiger partial charge in [-0.2, -0.15) is 11.8 Å². The number of benzene rings is 1. The zero-order chi connectivity index (χ0) is 15.5. The highest BCUT2D eigenvalue weighted by Gasteiger charge is 2.11. The van der Waals surface area contributed by atoms with E-state index in [2.05, 4.69) is 17.2 Å². The first-order valence-corrected chi connectivity index (χ1v) is 8.25. The quantitative estimate of drug-likeness (QED) is 0.601. The Hall–Kier alpha value is -1.51. The van der Waals surface area contributed by atoms with Crippen molar-refractivity contribution in [2.24, 2.45) is 0 Å². The van der Waals surface area contributed by atoms with Crippen molar-refractivity contribution in [1.82, 2.24) is 5.32 Å². The summed E-state index contributed by atoms with van der Waals surface area (Å²) in [6.45, 7) is 0.525. The van der Waals surface area contributed by atoms with E-state index in [0.29, 0.717) is 18.5 Å². The lowest BCUT2D eigenvalue weighted by Gasteiger charge is -2.06. The van der Waals surface area contributed by atoms with E-state index in [0.717, 1.165) is 18.6 Å². The molecule has 0 aliphatic heterocycles. The molecule has 21 heavy (non-hydrogen) atoms. The van der Waals surface area contributed by atoms with Gasteiger partial charge in [-0.3, -0.25) is 4.79 Å². The van der Waals surface area contributed by atoms with Crippen molar-refractivity contribution in [3.63, 3.8) is 0 Å². The van der Waals surface area contributed by atoms with Crippen LogP contribution in [-0.4, -0.2) is 36.2 Å². The summed E-state index contributed by atoms with van der Waals surface area (Å²) in [7, 11) is 0. The Morgan fingerprint density at radius 2 is 2.24 bits per heavy atom. The maximum atomic E-state index is 13.7. The smallest absolute Gasteiger partial charge is 0.254 e. The molecule has 3 nitrogen and oxygen atoms in total. The predicted octanol–water partition coefficient (Wildman–Crippen LogP) is 2.43. The number of hydrogen-bond donors (Lipinski definition) is 2. The van der Waals surface area contributed by atoms with Gasteiger partial charge in [-0.25, -0.2) is 4.39 Å². The molecule has 0 saturated heterocycles. The number of nitrogens with one attached hydrogen (secondary N) is 1. The van der Waals surface area contributed by atoms with Gasteiger partial charge in [0.05, 0.1) is 12.2 Å². The first-order chi connectivity index (χ1) is 10.2. The van der Waals surface area contributed by atoms with E-state index in [9.17, 15) is 9.18 Å². The molecule has 1 aromatic rings. The average molecular weight is 309 g/mol. The number of rotatable bonds is 7. The monoisotopic (exact) mass is 309 g/mol. The summed E-state index contributed by atoms with van der Waals surface area (Å²) in [5.74, 6) is 5.63. The molecule has 0 saturated carbocycles. The third-order valence-corrected chi connectivity index (χ3v) is 3.44. The minimum atomic E-state index is -0.552. The molecule has 0 bridgehead atoms. The number of unbranched alkanes of at least 4 members (excludes halogenated alkanes) is 1. The molecule has 0 aliphatic rings. The number of aliphatic hydroxyl groups is 1. The summed E-state index contributed by atoms with van der Waals surface area (Å²) < 4.78 is 13.7. The zero-order valence-corrected chi connectivity index (χ0v) is 12.9. The number of carbonyl (C=O) groups is 1. The Bertz CT molecular complexity index is 523. The van der Waals surface area contributed by atoms with Crippen molar-refractivity contribution in [2.75, 3.05) is 25.2 Å². The van der Waals surface area contributed by atoms with Crippen LogP contribution in [0.2, 0.25) is 0 Å². The van der Waals surface area contributed by atoms with Crippen molar-refractivity contribution in [3.8, 4) is 11.8 Å². The van der Waals surface area contributed by atoms with Gasteiger partial charge in [-0.15, -0.1) is 0 Å². The Morgan fingerprint density at radius 3 is 2.95 bits per heavy atom. The van der Waals surface area contributed by atoms with E-state index in [1.54, 1.807) is 11.8 Å². The Labute approximate surface area is 129 Å². The number of aliphatic hydroxyl groups excluding tert-OH is 1. The Kier molecular flexibility index (Phi) is 8.56. The van der Waals surface area contributed by atoms with Crippen LogP contribution < -0.4 is 5.32 Å². The molecule has 1 aromatic carbocycles. The van der Waals surface area contributed by atoms with Crippen molar-refractivity contribution in [1.29, 1.82) is 0 Å². The number of thioether (sulfide) groups is 1. The van der Waals surface area contributed by atoms with E-state index < -0.39 is 11.7 Å². The molecule has 1 rings (SSSR count). The molecular formula is C16H20FNO2S. The van der Waals surface area contributed by atoms with Crippen LogP contribution in [0.5, 0.6) is 0 Å². The van der Waals surface area contributed by atoms with Gasteiger partial charge in [0.15, 0.2) is 0 Å². The van der Waals surface area contributed by atoms with Crippen LogP contribution in [0.4, 0.5) is 4.39 Å². The summed E-state index contributed by atoms with van der Waals surface area (Å²) in [5, 5.41) is 11.4. The third-order valence-electron chi connectivity index (χ3n) is 2.74. The molecule has 0 spiro atoms. The predicted molar refractivity (Wildman–Crippen MR) is 84.9 cm³/mol. The van der Waals surface area contributed by atoms with Crippen LogP contribution in [0.1, 0.15) is 35.2 Å². The molecule has 2 N–H and O–H groups in total. The summed E-state index contributed by atoms with van der Waals surface area (Å²) in [6, 6.07) is 4.21. The van der Waals surface area contributed by atoms with Crippen LogP contribution in [0.15, 0.2) is 18.2 Å². The van der Waals surface area contributed by atoms with Crippen LogP contribution >= 0.6 is 11.8 Å². The number of carbonyl (C=O) groups excluding carboxylic acids is 1. The Morgan fingerprint density at radius 1 is 1.43 bits per heavy atom. The van der Waals surface area contributed by atoms with Gasteiger partial charge in [0.1, 0.15) is 5.82 Å². The zero-order valence-electron chi connectivity index (χ0n) is 12.1. The van der Waals surface area contributed by atoms with E-state index in [1.807, 2.05) is 6.26 Å². The van der Waals surface area contributed by atoms with Crippen molar-refractivity contribution < 1.29 is 14.3 Å². The summed E-state index contributed by atoms with van der Waals surface area (Å²) in [5.41, 5.74) is 0.577. The summed E-state index contributed by atoms with van der Waals surface area (Å²) in [6.07, 6.45) is 4.30. The lowest BCUT2D eigenvalue weighted by molar-refractivity contribution is 0.0949. The van der Waals surface area contributed by atoms with Crippen LogP contribution in [-0.2, 0) is 0 Å². The van der Waals surface area contributed by atoms with Gasteiger partial charge < -0.3 is 10.4 Å². The SMILES string of the molecule is CSCCCCNC(=O)c1cc(C#CCCO)ccc1F. The molecular weight excluding hydrogens is 289 g/mol. The van der Waals surface area contributed by atoms with Gasteiger partial charge in [0.25, 0.3) is 5.91 Å². The van der Waals surface area contributed by atoms with Crippen LogP contribution in [0.3, 0.4) is 0 Å². The Balaban J connectivity index is 2.62. The number of hydrogen-bond acceptors (Lipinski definition) is 3. The van der Waals surface area contributed by atoms with E-state index in [4.69, 9.17) is 5.11 Å². The minimum Gasteiger partial charge on any atom is -0.395 e. The van der Waals surface area contributed by atoms with E-state index in [1.165, 1.54) is 18.2 Å². The maximum Gasteiger partial charge on any atom is 0.254 e. The van der Waals surface area contributed by atoms with Crippen molar-refractivity contribution in [3.05, 3.63) is 35.1 Å². The molecule has 0 unspecified atom stereocenters. The second-order valence-electron chi connectivity index (χ2n) is 4.43. The fraction of sp³-hybridized carbons (Fsp3) is 0.438. The average Bonchev–Trinajstić information content (AvgIpc) is 2.48. The minimum absolute atomic E-state index is 0.00987. The molecule has 0 radical (unpaired) electrons. The maximum absolute atomic E-state index is 13.7. The molecule has 1 amide bonds.